The molecule has 10 heteroatoms. The van der Waals surface area contributed by atoms with Gasteiger partial charge >= 0.3 is 0 Å². The van der Waals surface area contributed by atoms with Crippen molar-refractivity contribution in [3.05, 3.63) is 57.2 Å². The molecule has 0 N–H and O–H groups in total. The van der Waals surface area contributed by atoms with Crippen molar-refractivity contribution in [2.24, 2.45) is 0 Å². The van der Waals surface area contributed by atoms with E-state index in [1.54, 1.807) is 28.9 Å². The highest BCUT2D eigenvalue weighted by atomic mass is 32.1. The highest BCUT2D eigenvalue weighted by molar-refractivity contribution is 7.20. The van der Waals surface area contributed by atoms with Gasteiger partial charge in [-0.2, -0.15) is 0 Å². The Morgan fingerprint density at radius 1 is 0.971 bits per heavy atom. The molecule has 2 aromatic heterocycles. The van der Waals surface area contributed by atoms with Gasteiger partial charge < -0.3 is 14.7 Å². The highest BCUT2D eigenvalue weighted by Crippen LogP contribution is 2.29. The summed E-state index contributed by atoms with van der Waals surface area (Å²) in [4.78, 5) is 50.4. The van der Waals surface area contributed by atoms with Crippen LogP contribution in [0, 0.1) is 12.7 Å². The Balaban J connectivity index is 1.31. The first-order valence-corrected chi connectivity index (χ1v) is 12.8. The van der Waals surface area contributed by atoms with E-state index in [4.69, 9.17) is 0 Å². The molecule has 3 aromatic rings. The first kappa shape index (κ1) is 23.5. The average Bonchev–Trinajstić information content (AvgIpc) is 3.23. The predicted octanol–water partition coefficient (Wildman–Crippen LogP) is 2.88. The fraction of sp³-hybridized carbons (Fsp3) is 0.440. The van der Waals surface area contributed by atoms with Crippen molar-refractivity contribution in [3.63, 3.8) is 0 Å². The van der Waals surface area contributed by atoms with E-state index in [2.05, 4.69) is 9.88 Å². The summed E-state index contributed by atoms with van der Waals surface area (Å²) in [6.45, 7) is 5.56. The lowest BCUT2D eigenvalue weighted by atomic mass is 10.1. The third-order valence-corrected chi connectivity index (χ3v) is 8.07. The van der Waals surface area contributed by atoms with Crippen molar-refractivity contribution >= 4 is 39.1 Å². The summed E-state index contributed by atoms with van der Waals surface area (Å²) in [5, 5.41) is 0.414. The van der Waals surface area contributed by atoms with Crippen LogP contribution in [0.3, 0.4) is 0 Å². The molecule has 2 aliphatic heterocycles. The SMILES string of the molecule is Cc1c(C(=O)N2CCN(c3ccc(F)cc3)CC2)sc2ncn(CC(=O)N3CCCCC3)c(=O)c12. The number of piperazine rings is 1. The number of piperidine rings is 1. The number of rotatable bonds is 4. The third-order valence-electron chi connectivity index (χ3n) is 6.88. The van der Waals surface area contributed by atoms with Gasteiger partial charge in [-0.15, -0.1) is 11.3 Å². The van der Waals surface area contributed by atoms with Crippen LogP contribution in [0.2, 0.25) is 0 Å². The van der Waals surface area contributed by atoms with Crippen LogP contribution in [0.5, 0.6) is 0 Å². The van der Waals surface area contributed by atoms with Gasteiger partial charge in [0.15, 0.2) is 0 Å². The Morgan fingerprint density at radius 2 is 1.66 bits per heavy atom. The van der Waals surface area contributed by atoms with E-state index >= 15 is 0 Å². The molecule has 2 aliphatic rings. The summed E-state index contributed by atoms with van der Waals surface area (Å²) in [6, 6.07) is 6.37. The maximum atomic E-state index is 13.3. The number of aryl methyl sites for hydroxylation is 1. The molecule has 4 heterocycles. The molecule has 0 radical (unpaired) electrons. The number of hydrogen-bond acceptors (Lipinski definition) is 6. The predicted molar refractivity (Wildman–Crippen MR) is 134 cm³/mol. The summed E-state index contributed by atoms with van der Waals surface area (Å²) >= 11 is 1.23. The van der Waals surface area contributed by atoms with Crippen LogP contribution in [0.25, 0.3) is 10.2 Å². The average molecular weight is 498 g/mol. The van der Waals surface area contributed by atoms with E-state index in [9.17, 15) is 18.8 Å². The maximum absolute atomic E-state index is 13.3. The number of carbonyl (C=O) groups excluding carboxylic acids is 2. The normalized spacial score (nSPS) is 16.7. The summed E-state index contributed by atoms with van der Waals surface area (Å²) in [6.07, 6.45) is 4.53. The molecule has 184 valence electrons. The summed E-state index contributed by atoms with van der Waals surface area (Å²) in [7, 11) is 0. The molecule has 0 atom stereocenters. The second-order valence-corrected chi connectivity index (χ2v) is 10.1. The monoisotopic (exact) mass is 497 g/mol. The van der Waals surface area contributed by atoms with Gasteiger partial charge in [0.25, 0.3) is 11.5 Å². The van der Waals surface area contributed by atoms with Gasteiger partial charge in [-0.1, -0.05) is 0 Å². The molecule has 0 saturated carbocycles. The van der Waals surface area contributed by atoms with Crippen molar-refractivity contribution in [2.75, 3.05) is 44.2 Å². The van der Waals surface area contributed by atoms with Crippen LogP contribution in [0.1, 0.15) is 34.5 Å². The molecule has 2 saturated heterocycles. The lowest BCUT2D eigenvalue weighted by Gasteiger charge is -2.36. The molecule has 8 nitrogen and oxygen atoms in total. The van der Waals surface area contributed by atoms with Crippen molar-refractivity contribution < 1.29 is 14.0 Å². The van der Waals surface area contributed by atoms with Crippen LogP contribution in [0.15, 0.2) is 35.4 Å². The summed E-state index contributed by atoms with van der Waals surface area (Å²) in [5.74, 6) is -0.456. The van der Waals surface area contributed by atoms with Crippen LogP contribution in [-0.4, -0.2) is 70.4 Å². The first-order valence-electron chi connectivity index (χ1n) is 12.0. The van der Waals surface area contributed by atoms with Crippen LogP contribution in [-0.2, 0) is 11.3 Å². The largest absolute Gasteiger partial charge is 0.368 e. The Labute approximate surface area is 206 Å². The molecule has 5 rings (SSSR count). The fourth-order valence-electron chi connectivity index (χ4n) is 4.83. The molecule has 0 bridgehead atoms. The van der Waals surface area contributed by atoms with E-state index in [0.717, 1.165) is 38.0 Å². The Bertz CT molecular complexity index is 1310. The number of aromatic nitrogens is 2. The number of fused-ring (bicyclic) bond motifs is 1. The van der Waals surface area contributed by atoms with Gasteiger partial charge in [-0.25, -0.2) is 9.37 Å². The van der Waals surface area contributed by atoms with E-state index < -0.39 is 0 Å². The smallest absolute Gasteiger partial charge is 0.264 e. The minimum absolute atomic E-state index is 0.0360. The summed E-state index contributed by atoms with van der Waals surface area (Å²) in [5.41, 5.74) is 1.27. The topological polar surface area (TPSA) is 78.8 Å². The molecule has 1 aromatic carbocycles. The number of anilines is 1. The van der Waals surface area contributed by atoms with Crippen LogP contribution in [0.4, 0.5) is 10.1 Å². The van der Waals surface area contributed by atoms with Crippen LogP contribution < -0.4 is 10.5 Å². The molecule has 2 amide bonds. The molecule has 0 aliphatic carbocycles. The molecular formula is C25H28FN5O3S. The number of amides is 2. The number of hydrogen-bond donors (Lipinski definition) is 0. The summed E-state index contributed by atoms with van der Waals surface area (Å²) < 4.78 is 14.6. The zero-order chi connectivity index (χ0) is 24.5. The Kier molecular flexibility index (Phi) is 6.55. The second-order valence-electron chi connectivity index (χ2n) is 9.11. The molecule has 0 spiro atoms. The zero-order valence-corrected chi connectivity index (χ0v) is 20.5. The van der Waals surface area contributed by atoms with E-state index in [1.165, 1.54) is 34.4 Å². The highest BCUT2D eigenvalue weighted by Gasteiger charge is 2.27. The maximum Gasteiger partial charge on any atom is 0.264 e. The zero-order valence-electron chi connectivity index (χ0n) is 19.7. The van der Waals surface area contributed by atoms with Crippen molar-refractivity contribution in [2.45, 2.75) is 32.7 Å². The number of halogens is 1. The minimum Gasteiger partial charge on any atom is -0.368 e. The number of likely N-dealkylation sites (tertiary alicyclic amines) is 1. The number of thiophene rings is 1. The number of carbonyl (C=O) groups is 2. The van der Waals surface area contributed by atoms with Crippen molar-refractivity contribution in [1.29, 1.82) is 0 Å². The quantitative estimate of drug-likeness (QED) is 0.554. The number of nitrogens with zero attached hydrogens (tertiary/aromatic N) is 5. The lowest BCUT2D eigenvalue weighted by Crippen LogP contribution is -2.48. The first-order chi connectivity index (χ1) is 16.9. The molecule has 35 heavy (non-hydrogen) atoms. The minimum atomic E-state index is -0.283. The lowest BCUT2D eigenvalue weighted by molar-refractivity contribution is -0.132. The van der Waals surface area contributed by atoms with Gasteiger partial charge in [-0.3, -0.25) is 19.0 Å². The van der Waals surface area contributed by atoms with Gasteiger partial charge in [-0.05, 0) is 56.0 Å². The van der Waals surface area contributed by atoms with Gasteiger partial charge in [0.05, 0.1) is 16.6 Å². The van der Waals surface area contributed by atoms with Crippen molar-refractivity contribution in [3.8, 4) is 0 Å². The second kappa shape index (κ2) is 9.77. The molecule has 2 fully saturated rings. The van der Waals surface area contributed by atoms with Crippen LogP contribution >= 0.6 is 11.3 Å². The Hall–Kier alpha value is -3.27. The standard InChI is InChI=1S/C25H28FN5O3S/c1-17-21-23(27-16-31(24(21)33)15-20(32)29-9-3-2-4-10-29)35-22(17)25(34)30-13-11-28(12-14-30)19-7-5-18(26)6-8-19/h5-8,16H,2-4,9-15H2,1H3. The molecular weight excluding hydrogens is 469 g/mol. The Morgan fingerprint density at radius 3 is 2.34 bits per heavy atom. The number of benzene rings is 1. The fourth-order valence-corrected chi connectivity index (χ4v) is 5.94. The third kappa shape index (κ3) is 4.67. The van der Waals surface area contributed by atoms with Gasteiger partial charge in [0.2, 0.25) is 5.91 Å². The van der Waals surface area contributed by atoms with Gasteiger partial charge in [0.1, 0.15) is 17.2 Å². The van der Waals surface area contributed by atoms with E-state index in [0.29, 0.717) is 46.8 Å². The molecule has 0 unspecified atom stereocenters. The van der Waals surface area contributed by atoms with Gasteiger partial charge in [0, 0.05) is 45.0 Å². The van der Waals surface area contributed by atoms with E-state index in [-0.39, 0.29) is 29.7 Å². The van der Waals surface area contributed by atoms with Crippen molar-refractivity contribution in [1.82, 2.24) is 19.4 Å². The van der Waals surface area contributed by atoms with E-state index in [1.807, 2.05) is 0 Å².